The van der Waals surface area contributed by atoms with Crippen LogP contribution in [0.25, 0.3) is 22.4 Å². The molecule has 1 radical (unpaired) electrons. The molecule has 0 amide bonds. The summed E-state index contributed by atoms with van der Waals surface area (Å²) in [6.07, 6.45) is 0. The van der Waals surface area contributed by atoms with Gasteiger partial charge in [0.05, 0.1) is 16.1 Å². The van der Waals surface area contributed by atoms with Crippen molar-refractivity contribution >= 4 is 22.6 Å². The number of H-pyrrole nitrogens is 1. The highest BCUT2D eigenvalue weighted by molar-refractivity contribution is 6.33. The summed E-state index contributed by atoms with van der Waals surface area (Å²) >= 11 is 6.12. The average molecular weight is 228 g/mol. The quantitative estimate of drug-likeness (QED) is 0.675. The van der Waals surface area contributed by atoms with Gasteiger partial charge in [-0.05, 0) is 18.2 Å². The molecule has 2 nitrogen and oxygen atoms in total. The van der Waals surface area contributed by atoms with Crippen molar-refractivity contribution in [1.29, 1.82) is 0 Å². The average Bonchev–Trinajstić information content (AvgIpc) is 2.73. The molecule has 0 aliphatic heterocycles. The summed E-state index contributed by atoms with van der Waals surface area (Å²) in [6, 6.07) is 16.5. The monoisotopic (exact) mass is 227 g/mol. The number of fused-ring (bicyclic) bond motifs is 1. The lowest BCUT2D eigenvalue weighted by Crippen LogP contribution is -1.80. The second-order valence-corrected chi connectivity index (χ2v) is 3.90. The lowest BCUT2D eigenvalue weighted by molar-refractivity contribution is 1.34. The summed E-state index contributed by atoms with van der Waals surface area (Å²) in [5, 5.41) is 0.696. The minimum absolute atomic E-state index is 0.696. The molecule has 16 heavy (non-hydrogen) atoms. The summed E-state index contributed by atoms with van der Waals surface area (Å²) in [4.78, 5) is 7.67. The van der Waals surface area contributed by atoms with Gasteiger partial charge in [0.15, 0.2) is 0 Å². The van der Waals surface area contributed by atoms with Gasteiger partial charge in [0.25, 0.3) is 0 Å². The van der Waals surface area contributed by atoms with Crippen LogP contribution in [0.5, 0.6) is 0 Å². The molecule has 3 aromatic rings. The number of halogens is 1. The number of nitrogens with zero attached hydrogens (tertiary/aromatic N) is 1. The Morgan fingerprint density at radius 2 is 2.00 bits per heavy atom. The van der Waals surface area contributed by atoms with Gasteiger partial charge in [-0.25, -0.2) is 4.98 Å². The van der Waals surface area contributed by atoms with Gasteiger partial charge in [0.2, 0.25) is 0 Å². The highest BCUT2D eigenvalue weighted by Gasteiger charge is 2.07. The number of aromatic amines is 1. The lowest BCUT2D eigenvalue weighted by atomic mass is 10.2. The molecular weight excluding hydrogens is 220 g/mol. The highest BCUT2D eigenvalue weighted by Crippen LogP contribution is 2.26. The van der Waals surface area contributed by atoms with Crippen molar-refractivity contribution < 1.29 is 0 Å². The van der Waals surface area contributed by atoms with Crippen molar-refractivity contribution in [3.8, 4) is 11.4 Å². The van der Waals surface area contributed by atoms with E-state index in [0.29, 0.717) is 5.02 Å². The standard InChI is InChI=1S/C13H8ClN2/c14-10-6-2-1-5-9(10)13-15-11-7-3-4-8-12(11)16-13/h1-7H,(H,15,16). The number of rotatable bonds is 1. The Morgan fingerprint density at radius 3 is 2.81 bits per heavy atom. The van der Waals surface area contributed by atoms with E-state index in [2.05, 4.69) is 16.0 Å². The zero-order valence-electron chi connectivity index (χ0n) is 8.37. The summed E-state index contributed by atoms with van der Waals surface area (Å²) in [7, 11) is 0. The zero-order chi connectivity index (χ0) is 11.0. The fourth-order valence-corrected chi connectivity index (χ4v) is 1.89. The van der Waals surface area contributed by atoms with Gasteiger partial charge in [-0.2, -0.15) is 0 Å². The molecule has 0 saturated heterocycles. The van der Waals surface area contributed by atoms with Crippen molar-refractivity contribution in [3.05, 3.63) is 53.6 Å². The van der Waals surface area contributed by atoms with Crippen LogP contribution in [-0.2, 0) is 0 Å². The molecule has 0 bridgehead atoms. The van der Waals surface area contributed by atoms with Gasteiger partial charge >= 0.3 is 0 Å². The second kappa shape index (κ2) is 3.65. The molecule has 0 unspecified atom stereocenters. The molecule has 1 heterocycles. The van der Waals surface area contributed by atoms with Crippen molar-refractivity contribution in [3.63, 3.8) is 0 Å². The Bertz CT molecular complexity index is 610. The number of nitrogens with one attached hydrogen (secondary N) is 1. The van der Waals surface area contributed by atoms with Crippen LogP contribution >= 0.6 is 11.6 Å². The molecule has 2 aromatic carbocycles. The van der Waals surface area contributed by atoms with E-state index in [4.69, 9.17) is 11.6 Å². The van der Waals surface area contributed by atoms with Gasteiger partial charge in [-0.1, -0.05) is 35.9 Å². The van der Waals surface area contributed by atoms with Gasteiger partial charge in [0, 0.05) is 11.6 Å². The van der Waals surface area contributed by atoms with Gasteiger partial charge in [0.1, 0.15) is 5.82 Å². The zero-order valence-corrected chi connectivity index (χ0v) is 9.12. The number of para-hydroxylation sites is 1. The second-order valence-electron chi connectivity index (χ2n) is 3.50. The van der Waals surface area contributed by atoms with Crippen LogP contribution in [0, 0.1) is 6.07 Å². The van der Waals surface area contributed by atoms with E-state index in [0.717, 1.165) is 22.4 Å². The molecule has 3 rings (SSSR count). The third kappa shape index (κ3) is 1.48. The molecule has 0 saturated carbocycles. The van der Waals surface area contributed by atoms with E-state index >= 15 is 0 Å². The maximum absolute atomic E-state index is 6.12. The third-order valence-corrected chi connectivity index (χ3v) is 2.77. The third-order valence-electron chi connectivity index (χ3n) is 2.44. The van der Waals surface area contributed by atoms with Gasteiger partial charge in [-0.15, -0.1) is 0 Å². The molecule has 0 aliphatic carbocycles. The van der Waals surface area contributed by atoms with Gasteiger partial charge in [-0.3, -0.25) is 0 Å². The largest absolute Gasteiger partial charge is 0.338 e. The van der Waals surface area contributed by atoms with Crippen LogP contribution in [-0.4, -0.2) is 9.97 Å². The summed E-state index contributed by atoms with van der Waals surface area (Å²) in [6.45, 7) is 0. The van der Waals surface area contributed by atoms with Crippen molar-refractivity contribution in [2.75, 3.05) is 0 Å². The van der Waals surface area contributed by atoms with Crippen molar-refractivity contribution in [2.45, 2.75) is 0 Å². The molecule has 3 heteroatoms. The van der Waals surface area contributed by atoms with E-state index in [-0.39, 0.29) is 0 Å². The number of hydrogen-bond acceptors (Lipinski definition) is 1. The predicted octanol–water partition coefficient (Wildman–Crippen LogP) is 3.68. The van der Waals surface area contributed by atoms with E-state index in [1.54, 1.807) is 0 Å². The summed E-state index contributed by atoms with van der Waals surface area (Å²) < 4.78 is 0. The smallest absolute Gasteiger partial charge is 0.140 e. The number of benzene rings is 2. The number of hydrogen-bond donors (Lipinski definition) is 1. The van der Waals surface area contributed by atoms with Gasteiger partial charge < -0.3 is 4.98 Å². The van der Waals surface area contributed by atoms with Crippen LogP contribution in [0.15, 0.2) is 42.5 Å². The fourth-order valence-electron chi connectivity index (χ4n) is 1.67. The molecule has 1 aromatic heterocycles. The molecular formula is C13H8ClN2. The minimum atomic E-state index is 0.696. The molecule has 0 aliphatic rings. The van der Waals surface area contributed by atoms with E-state index in [1.165, 1.54) is 0 Å². The SMILES string of the molecule is Clc1ccccc1-c1nc2[c]cccc2[nH]1. The molecule has 77 valence electrons. The first kappa shape index (κ1) is 9.43. The molecule has 0 fully saturated rings. The number of aromatic nitrogens is 2. The maximum atomic E-state index is 6.12. The van der Waals surface area contributed by atoms with Crippen molar-refractivity contribution in [1.82, 2.24) is 9.97 Å². The first-order valence-corrected chi connectivity index (χ1v) is 5.34. The Kier molecular flexibility index (Phi) is 2.15. The number of imidazole rings is 1. The van der Waals surface area contributed by atoms with Crippen LogP contribution in [0.1, 0.15) is 0 Å². The summed E-state index contributed by atoms with van der Waals surface area (Å²) in [5.41, 5.74) is 2.71. The topological polar surface area (TPSA) is 28.7 Å². The molecule has 1 N–H and O–H groups in total. The van der Waals surface area contributed by atoms with E-state index in [9.17, 15) is 0 Å². The highest BCUT2D eigenvalue weighted by atomic mass is 35.5. The van der Waals surface area contributed by atoms with Crippen LogP contribution < -0.4 is 0 Å². The normalized spacial score (nSPS) is 10.8. The van der Waals surface area contributed by atoms with Crippen LogP contribution in [0.2, 0.25) is 5.02 Å². The lowest BCUT2D eigenvalue weighted by Gasteiger charge is -1.98. The van der Waals surface area contributed by atoms with Crippen molar-refractivity contribution in [2.24, 2.45) is 0 Å². The Hall–Kier alpha value is -1.80. The van der Waals surface area contributed by atoms with E-state index < -0.39 is 0 Å². The van der Waals surface area contributed by atoms with E-state index in [1.807, 2.05) is 42.5 Å². The summed E-state index contributed by atoms with van der Waals surface area (Å²) in [5.74, 6) is 0.781. The van der Waals surface area contributed by atoms with Crippen LogP contribution in [0.4, 0.5) is 0 Å². The Balaban J connectivity index is 2.23. The first-order chi connectivity index (χ1) is 7.84. The predicted molar refractivity (Wildman–Crippen MR) is 65.4 cm³/mol. The first-order valence-electron chi connectivity index (χ1n) is 4.96. The fraction of sp³-hybridized carbons (Fsp3) is 0. The van der Waals surface area contributed by atoms with Crippen LogP contribution in [0.3, 0.4) is 0 Å². The maximum Gasteiger partial charge on any atom is 0.140 e. The molecule has 0 spiro atoms. The molecule has 0 atom stereocenters. The Morgan fingerprint density at radius 1 is 1.12 bits per heavy atom. The Labute approximate surface area is 97.9 Å². The minimum Gasteiger partial charge on any atom is -0.338 e.